The molecular weight excluding hydrogens is 233 g/mol. The molecule has 2 aromatic heterocycles. The SMILES string of the molecule is NCc1cc(-n2cc(C(F)(F)F)cn2)ccn1. The lowest BCUT2D eigenvalue weighted by Gasteiger charge is -2.03. The van der Waals surface area contributed by atoms with Crippen LogP contribution in [0.25, 0.3) is 5.69 Å². The molecule has 0 aliphatic rings. The number of hydrogen-bond donors (Lipinski definition) is 1. The molecule has 0 fully saturated rings. The zero-order valence-electron chi connectivity index (χ0n) is 8.65. The molecule has 0 amide bonds. The van der Waals surface area contributed by atoms with Crippen molar-refractivity contribution < 1.29 is 13.2 Å². The lowest BCUT2D eigenvalue weighted by molar-refractivity contribution is -0.137. The molecule has 0 aliphatic carbocycles. The Morgan fingerprint density at radius 2 is 2.12 bits per heavy atom. The van der Waals surface area contributed by atoms with Gasteiger partial charge in [0.1, 0.15) is 0 Å². The molecule has 17 heavy (non-hydrogen) atoms. The molecule has 0 radical (unpaired) electrons. The molecule has 0 saturated carbocycles. The van der Waals surface area contributed by atoms with Gasteiger partial charge in [0.25, 0.3) is 0 Å². The summed E-state index contributed by atoms with van der Waals surface area (Å²) in [6.45, 7) is 0.223. The maximum atomic E-state index is 12.4. The minimum atomic E-state index is -4.39. The van der Waals surface area contributed by atoms with E-state index < -0.39 is 11.7 Å². The minimum Gasteiger partial charge on any atom is -0.325 e. The molecule has 0 saturated heterocycles. The van der Waals surface area contributed by atoms with Crippen LogP contribution in [0.4, 0.5) is 13.2 Å². The lowest BCUT2D eigenvalue weighted by Crippen LogP contribution is -2.04. The van der Waals surface area contributed by atoms with Crippen LogP contribution in [0.1, 0.15) is 11.3 Å². The summed E-state index contributed by atoms with van der Waals surface area (Å²) in [5.41, 5.74) is 5.70. The predicted molar refractivity (Wildman–Crippen MR) is 54.3 cm³/mol. The maximum Gasteiger partial charge on any atom is 0.419 e. The van der Waals surface area contributed by atoms with E-state index in [-0.39, 0.29) is 6.54 Å². The van der Waals surface area contributed by atoms with Crippen molar-refractivity contribution in [3.8, 4) is 5.69 Å². The van der Waals surface area contributed by atoms with Gasteiger partial charge in [0.15, 0.2) is 0 Å². The van der Waals surface area contributed by atoms with Crippen molar-refractivity contribution >= 4 is 0 Å². The first-order chi connectivity index (χ1) is 8.00. The Hall–Kier alpha value is -1.89. The van der Waals surface area contributed by atoms with E-state index in [0.717, 1.165) is 17.1 Å². The third-order valence-electron chi connectivity index (χ3n) is 2.18. The van der Waals surface area contributed by atoms with Gasteiger partial charge in [0.2, 0.25) is 0 Å². The zero-order chi connectivity index (χ0) is 12.5. The highest BCUT2D eigenvalue weighted by atomic mass is 19.4. The molecule has 2 N–H and O–H groups in total. The van der Waals surface area contributed by atoms with Crippen LogP contribution in [0.3, 0.4) is 0 Å². The van der Waals surface area contributed by atoms with Crippen LogP contribution in [0.2, 0.25) is 0 Å². The van der Waals surface area contributed by atoms with Crippen LogP contribution < -0.4 is 5.73 Å². The second kappa shape index (κ2) is 4.17. The van der Waals surface area contributed by atoms with Crippen molar-refractivity contribution in [3.05, 3.63) is 42.0 Å². The lowest BCUT2D eigenvalue weighted by atomic mass is 10.3. The van der Waals surface area contributed by atoms with Gasteiger partial charge in [0.05, 0.1) is 23.1 Å². The van der Waals surface area contributed by atoms with Crippen LogP contribution in [0.5, 0.6) is 0 Å². The molecule has 0 unspecified atom stereocenters. The molecule has 90 valence electrons. The second-order valence-corrected chi connectivity index (χ2v) is 3.38. The zero-order valence-corrected chi connectivity index (χ0v) is 8.65. The average Bonchev–Trinajstić information content (AvgIpc) is 2.78. The fraction of sp³-hybridized carbons (Fsp3) is 0.200. The van der Waals surface area contributed by atoms with Crippen LogP contribution in [0.15, 0.2) is 30.7 Å². The first-order valence-electron chi connectivity index (χ1n) is 4.78. The summed E-state index contributed by atoms with van der Waals surface area (Å²) in [7, 11) is 0. The van der Waals surface area contributed by atoms with E-state index in [2.05, 4.69) is 10.1 Å². The molecular formula is C10H9F3N4. The summed E-state index contributed by atoms with van der Waals surface area (Å²) < 4.78 is 38.3. The van der Waals surface area contributed by atoms with Crippen LogP contribution in [-0.2, 0) is 12.7 Å². The summed E-state index contributed by atoms with van der Waals surface area (Å²) in [6, 6.07) is 3.15. The smallest absolute Gasteiger partial charge is 0.325 e. The van der Waals surface area contributed by atoms with E-state index in [1.165, 1.54) is 6.20 Å². The van der Waals surface area contributed by atoms with E-state index >= 15 is 0 Å². The van der Waals surface area contributed by atoms with Crippen molar-refractivity contribution in [1.82, 2.24) is 14.8 Å². The topological polar surface area (TPSA) is 56.7 Å². The number of halogens is 3. The molecule has 4 nitrogen and oxygen atoms in total. The van der Waals surface area contributed by atoms with Crippen LogP contribution in [0, 0.1) is 0 Å². The fourth-order valence-electron chi connectivity index (χ4n) is 1.33. The molecule has 2 aromatic rings. The number of aromatic nitrogens is 3. The largest absolute Gasteiger partial charge is 0.419 e. The number of pyridine rings is 1. The molecule has 0 atom stereocenters. The van der Waals surface area contributed by atoms with Gasteiger partial charge in [0, 0.05) is 18.9 Å². The van der Waals surface area contributed by atoms with E-state index in [1.54, 1.807) is 12.1 Å². The van der Waals surface area contributed by atoms with Crippen LogP contribution in [-0.4, -0.2) is 14.8 Å². The molecule has 0 aliphatic heterocycles. The Morgan fingerprint density at radius 3 is 2.71 bits per heavy atom. The van der Waals surface area contributed by atoms with Gasteiger partial charge in [-0.1, -0.05) is 0 Å². The molecule has 7 heteroatoms. The fourth-order valence-corrected chi connectivity index (χ4v) is 1.33. The van der Waals surface area contributed by atoms with Crippen molar-refractivity contribution in [1.29, 1.82) is 0 Å². The van der Waals surface area contributed by atoms with Gasteiger partial charge < -0.3 is 5.73 Å². The quantitative estimate of drug-likeness (QED) is 0.872. The molecule has 2 rings (SSSR count). The minimum absolute atomic E-state index is 0.223. The number of rotatable bonds is 2. The second-order valence-electron chi connectivity index (χ2n) is 3.38. The molecule has 0 spiro atoms. The Morgan fingerprint density at radius 1 is 1.35 bits per heavy atom. The first-order valence-corrected chi connectivity index (χ1v) is 4.78. The third-order valence-corrected chi connectivity index (χ3v) is 2.18. The number of nitrogens with two attached hydrogens (primary N) is 1. The number of hydrogen-bond acceptors (Lipinski definition) is 3. The van der Waals surface area contributed by atoms with Gasteiger partial charge in [-0.25, -0.2) is 4.68 Å². The Balaban J connectivity index is 2.37. The number of nitrogens with zero attached hydrogens (tertiary/aromatic N) is 3. The molecule has 2 heterocycles. The summed E-state index contributed by atoms with van der Waals surface area (Å²) in [4.78, 5) is 3.95. The number of alkyl halides is 3. The van der Waals surface area contributed by atoms with Gasteiger partial charge in [-0.2, -0.15) is 18.3 Å². The van der Waals surface area contributed by atoms with Crippen molar-refractivity contribution in [2.75, 3.05) is 0 Å². The molecule has 0 aromatic carbocycles. The average molecular weight is 242 g/mol. The normalized spacial score (nSPS) is 11.8. The van der Waals surface area contributed by atoms with Gasteiger partial charge in [-0.15, -0.1) is 0 Å². The summed E-state index contributed by atoms with van der Waals surface area (Å²) in [6.07, 6.45) is -1.20. The van der Waals surface area contributed by atoms with Gasteiger partial charge in [-0.05, 0) is 12.1 Å². The maximum absolute atomic E-state index is 12.4. The standard InChI is InChI=1S/C10H9F3N4/c11-10(12,13)7-5-16-17(6-7)9-1-2-15-8(3-9)4-14/h1-3,5-6H,4,14H2. The van der Waals surface area contributed by atoms with Crippen molar-refractivity contribution in [2.45, 2.75) is 12.7 Å². The predicted octanol–water partition coefficient (Wildman–Crippen LogP) is 1.74. The van der Waals surface area contributed by atoms with E-state index in [9.17, 15) is 13.2 Å². The van der Waals surface area contributed by atoms with Gasteiger partial charge >= 0.3 is 6.18 Å². The third kappa shape index (κ3) is 2.44. The van der Waals surface area contributed by atoms with Crippen LogP contribution >= 0.6 is 0 Å². The Kier molecular flexibility index (Phi) is 2.84. The van der Waals surface area contributed by atoms with Crippen molar-refractivity contribution in [2.24, 2.45) is 5.73 Å². The van der Waals surface area contributed by atoms with E-state index in [1.807, 2.05) is 0 Å². The van der Waals surface area contributed by atoms with E-state index in [0.29, 0.717) is 11.4 Å². The molecule has 0 bridgehead atoms. The Labute approximate surface area is 94.9 Å². The van der Waals surface area contributed by atoms with Crippen molar-refractivity contribution in [3.63, 3.8) is 0 Å². The Bertz CT molecular complexity index is 518. The summed E-state index contributed by atoms with van der Waals surface area (Å²) in [5, 5.41) is 3.66. The van der Waals surface area contributed by atoms with Gasteiger partial charge in [-0.3, -0.25) is 4.98 Å². The highest BCUT2D eigenvalue weighted by Crippen LogP contribution is 2.29. The summed E-state index contributed by atoms with van der Waals surface area (Å²) in [5.74, 6) is 0. The summed E-state index contributed by atoms with van der Waals surface area (Å²) >= 11 is 0. The first kappa shape index (κ1) is 11.6. The highest BCUT2D eigenvalue weighted by Gasteiger charge is 2.32. The van der Waals surface area contributed by atoms with E-state index in [4.69, 9.17) is 5.73 Å². The monoisotopic (exact) mass is 242 g/mol. The highest BCUT2D eigenvalue weighted by molar-refractivity contribution is 5.32.